The Morgan fingerprint density at radius 1 is 1.19 bits per heavy atom. The minimum absolute atomic E-state index is 0.291. The lowest BCUT2D eigenvalue weighted by molar-refractivity contribution is 0.0602. The highest BCUT2D eigenvalue weighted by Gasteiger charge is 2.35. The molecule has 0 saturated carbocycles. The molecule has 0 fully saturated rings. The quantitative estimate of drug-likeness (QED) is 0.515. The van der Waals surface area contributed by atoms with Gasteiger partial charge in [-0.15, -0.1) is 11.3 Å². The summed E-state index contributed by atoms with van der Waals surface area (Å²) in [6, 6.07) is 12.4. The molecule has 3 aromatic rings. The van der Waals surface area contributed by atoms with E-state index in [0.717, 1.165) is 23.3 Å². The first-order valence-corrected chi connectivity index (χ1v) is 11.4. The van der Waals surface area contributed by atoms with Crippen molar-refractivity contribution in [3.05, 3.63) is 86.4 Å². The number of thiophene rings is 1. The van der Waals surface area contributed by atoms with Crippen molar-refractivity contribution in [3.8, 4) is 0 Å². The van der Waals surface area contributed by atoms with E-state index < -0.39 is 5.97 Å². The number of hydrogen-bond acceptors (Lipinski definition) is 4. The molecule has 1 aliphatic rings. The van der Waals surface area contributed by atoms with Gasteiger partial charge in [0, 0.05) is 16.3 Å². The molecule has 5 nitrogen and oxygen atoms in total. The van der Waals surface area contributed by atoms with Crippen LogP contribution in [0.2, 0.25) is 0 Å². The van der Waals surface area contributed by atoms with Crippen LogP contribution < -0.4 is 5.32 Å². The second-order valence-electron chi connectivity index (χ2n) is 7.70. The van der Waals surface area contributed by atoms with Gasteiger partial charge in [0.2, 0.25) is 0 Å². The molecule has 0 unspecified atom stereocenters. The lowest BCUT2D eigenvalue weighted by atomic mass is 9.92. The van der Waals surface area contributed by atoms with Gasteiger partial charge in [-0.25, -0.2) is 14.0 Å². The average molecular weight is 453 g/mol. The number of esters is 1. The first-order valence-electron chi connectivity index (χ1n) is 10.6. The number of nitrogens with zero attached hydrogens (tertiary/aromatic N) is 1. The number of urea groups is 1. The van der Waals surface area contributed by atoms with Crippen molar-refractivity contribution >= 4 is 29.0 Å². The summed E-state index contributed by atoms with van der Waals surface area (Å²) in [7, 11) is 1.31. The summed E-state index contributed by atoms with van der Waals surface area (Å²) >= 11 is 1.70. The zero-order chi connectivity index (χ0) is 22.8. The molecule has 2 heterocycles. The SMILES string of the molecule is CCc1c(C)sc2c1CCN(C(=O)Nc1ccccc1C(=O)OC)[C@@H]2c1ccc(F)cc1. The van der Waals surface area contributed by atoms with Gasteiger partial charge in [0.05, 0.1) is 24.4 Å². The fourth-order valence-corrected chi connectivity index (χ4v) is 5.82. The number of halogens is 1. The summed E-state index contributed by atoms with van der Waals surface area (Å²) < 4.78 is 18.5. The standard InChI is InChI=1S/C25H25FN2O3S/c1-4-18-15(2)32-23-19(18)13-14-28(22(23)16-9-11-17(26)12-10-16)25(30)27-21-8-6-5-7-20(21)24(29)31-3/h5-12,22H,4,13-14H2,1-3H3,(H,27,30)/t22-/m1/s1. The van der Waals surface area contributed by atoms with Gasteiger partial charge in [-0.3, -0.25) is 0 Å². The van der Waals surface area contributed by atoms with E-state index in [1.54, 1.807) is 52.6 Å². The molecule has 7 heteroatoms. The number of para-hydroxylation sites is 1. The first-order chi connectivity index (χ1) is 15.4. The molecule has 1 aliphatic heterocycles. The van der Waals surface area contributed by atoms with Crippen molar-refractivity contribution < 1.29 is 18.7 Å². The van der Waals surface area contributed by atoms with Crippen molar-refractivity contribution in [1.29, 1.82) is 0 Å². The fraction of sp³-hybridized carbons (Fsp3) is 0.280. The molecule has 0 bridgehead atoms. The molecule has 0 saturated heterocycles. The lowest BCUT2D eigenvalue weighted by Gasteiger charge is -2.36. The van der Waals surface area contributed by atoms with E-state index in [2.05, 4.69) is 19.2 Å². The predicted molar refractivity (Wildman–Crippen MR) is 124 cm³/mol. The van der Waals surface area contributed by atoms with E-state index >= 15 is 0 Å². The summed E-state index contributed by atoms with van der Waals surface area (Å²) in [5, 5.41) is 2.89. The second-order valence-corrected chi connectivity index (χ2v) is 8.95. The minimum atomic E-state index is -0.515. The van der Waals surface area contributed by atoms with Crippen LogP contribution in [0.4, 0.5) is 14.9 Å². The second kappa shape index (κ2) is 9.12. The van der Waals surface area contributed by atoms with Gasteiger partial charge in [-0.05, 0) is 60.7 Å². The van der Waals surface area contributed by atoms with Gasteiger partial charge in [0.25, 0.3) is 0 Å². The third-order valence-electron chi connectivity index (χ3n) is 5.89. The molecule has 4 rings (SSSR count). The maximum absolute atomic E-state index is 13.6. The predicted octanol–water partition coefficient (Wildman–Crippen LogP) is 5.72. The number of rotatable bonds is 4. The fourth-order valence-electron chi connectivity index (χ4n) is 4.37. The van der Waals surface area contributed by atoms with Gasteiger partial charge in [0.15, 0.2) is 0 Å². The molecule has 1 atom stereocenters. The molecule has 2 amide bonds. The lowest BCUT2D eigenvalue weighted by Crippen LogP contribution is -2.42. The Labute approximate surface area is 190 Å². The van der Waals surface area contributed by atoms with Crippen LogP contribution in [-0.2, 0) is 17.6 Å². The number of aryl methyl sites for hydroxylation is 1. The number of ether oxygens (including phenoxy) is 1. The Kier molecular flexibility index (Phi) is 6.28. The average Bonchev–Trinajstić information content (AvgIpc) is 3.13. The van der Waals surface area contributed by atoms with E-state index in [0.29, 0.717) is 17.8 Å². The smallest absolute Gasteiger partial charge is 0.339 e. The van der Waals surface area contributed by atoms with Crippen LogP contribution in [0.1, 0.15) is 49.8 Å². The van der Waals surface area contributed by atoms with Crippen molar-refractivity contribution in [2.24, 2.45) is 0 Å². The van der Waals surface area contributed by atoms with Crippen LogP contribution in [0, 0.1) is 12.7 Å². The van der Waals surface area contributed by atoms with E-state index in [1.807, 2.05) is 0 Å². The highest BCUT2D eigenvalue weighted by atomic mass is 32.1. The third-order valence-corrected chi connectivity index (χ3v) is 7.13. The molecule has 1 N–H and O–H groups in total. The molecular weight excluding hydrogens is 427 g/mol. The monoisotopic (exact) mass is 452 g/mol. The molecule has 0 aliphatic carbocycles. The topological polar surface area (TPSA) is 58.6 Å². The van der Waals surface area contributed by atoms with E-state index in [-0.39, 0.29) is 17.9 Å². The molecule has 166 valence electrons. The number of benzene rings is 2. The highest BCUT2D eigenvalue weighted by molar-refractivity contribution is 7.12. The van der Waals surface area contributed by atoms with Crippen molar-refractivity contribution in [2.45, 2.75) is 32.7 Å². The molecule has 1 aromatic heterocycles. The number of fused-ring (bicyclic) bond motifs is 1. The number of amides is 2. The normalized spacial score (nSPS) is 15.2. The van der Waals surface area contributed by atoms with Gasteiger partial charge in [-0.2, -0.15) is 0 Å². The molecule has 0 spiro atoms. The largest absolute Gasteiger partial charge is 0.465 e. The number of methoxy groups -OCH3 is 1. The summed E-state index contributed by atoms with van der Waals surface area (Å²) in [5.74, 6) is -0.831. The van der Waals surface area contributed by atoms with Crippen LogP contribution in [0.3, 0.4) is 0 Å². The number of hydrogen-bond donors (Lipinski definition) is 1. The third kappa shape index (κ3) is 4.00. The number of anilines is 1. The Morgan fingerprint density at radius 3 is 2.59 bits per heavy atom. The maximum Gasteiger partial charge on any atom is 0.339 e. The van der Waals surface area contributed by atoms with Gasteiger partial charge >= 0.3 is 12.0 Å². The zero-order valence-electron chi connectivity index (χ0n) is 18.3. The van der Waals surface area contributed by atoms with Crippen molar-refractivity contribution in [3.63, 3.8) is 0 Å². The summed E-state index contributed by atoms with van der Waals surface area (Å²) in [6.07, 6.45) is 1.69. The number of carbonyl (C=O) groups excluding carboxylic acids is 2. The summed E-state index contributed by atoms with van der Waals surface area (Å²) in [5.41, 5.74) is 4.17. The van der Waals surface area contributed by atoms with Crippen LogP contribution >= 0.6 is 11.3 Å². The summed E-state index contributed by atoms with van der Waals surface area (Å²) in [6.45, 7) is 4.77. The van der Waals surface area contributed by atoms with Gasteiger partial charge in [0.1, 0.15) is 5.82 Å². The summed E-state index contributed by atoms with van der Waals surface area (Å²) in [4.78, 5) is 29.7. The van der Waals surface area contributed by atoms with Crippen LogP contribution in [0.15, 0.2) is 48.5 Å². The Bertz CT molecular complexity index is 1160. The van der Waals surface area contributed by atoms with E-state index in [4.69, 9.17) is 4.74 Å². The van der Waals surface area contributed by atoms with E-state index in [1.165, 1.54) is 35.2 Å². The number of nitrogens with one attached hydrogen (secondary N) is 1. The zero-order valence-corrected chi connectivity index (χ0v) is 19.1. The minimum Gasteiger partial charge on any atom is -0.465 e. The highest BCUT2D eigenvalue weighted by Crippen LogP contribution is 2.43. The Balaban J connectivity index is 1.73. The van der Waals surface area contributed by atoms with E-state index in [9.17, 15) is 14.0 Å². The van der Waals surface area contributed by atoms with Crippen LogP contribution in [0.25, 0.3) is 0 Å². The van der Waals surface area contributed by atoms with Crippen LogP contribution in [-0.4, -0.2) is 30.6 Å². The molecule has 32 heavy (non-hydrogen) atoms. The van der Waals surface area contributed by atoms with Gasteiger partial charge in [-0.1, -0.05) is 31.2 Å². The Morgan fingerprint density at radius 2 is 1.91 bits per heavy atom. The first kappa shape index (κ1) is 22.0. The molecular formula is C25H25FN2O3S. The molecule has 2 aromatic carbocycles. The Hall–Kier alpha value is -3.19. The maximum atomic E-state index is 13.6. The van der Waals surface area contributed by atoms with Crippen LogP contribution in [0.5, 0.6) is 0 Å². The number of carbonyl (C=O) groups is 2. The van der Waals surface area contributed by atoms with Crippen molar-refractivity contribution in [2.75, 3.05) is 19.0 Å². The van der Waals surface area contributed by atoms with Crippen molar-refractivity contribution in [1.82, 2.24) is 4.90 Å². The molecule has 0 radical (unpaired) electrons. The van der Waals surface area contributed by atoms with Gasteiger partial charge < -0.3 is 15.0 Å².